The molecular formula is C19H25N3O2. The number of carbonyl (C=O) groups is 1. The highest BCUT2D eigenvalue weighted by Gasteiger charge is 2.09. The van der Waals surface area contributed by atoms with E-state index >= 15 is 0 Å². The third-order valence-electron chi connectivity index (χ3n) is 3.87. The van der Waals surface area contributed by atoms with Gasteiger partial charge in [0.1, 0.15) is 11.6 Å². The lowest BCUT2D eigenvalue weighted by Gasteiger charge is -2.12. The molecule has 0 radical (unpaired) electrons. The average Bonchev–Trinajstić information content (AvgIpc) is 2.62. The van der Waals surface area contributed by atoms with E-state index in [4.69, 9.17) is 4.74 Å². The van der Waals surface area contributed by atoms with Crippen LogP contribution >= 0.6 is 0 Å². The van der Waals surface area contributed by atoms with Gasteiger partial charge >= 0.3 is 0 Å². The van der Waals surface area contributed by atoms with E-state index in [2.05, 4.69) is 21.7 Å². The van der Waals surface area contributed by atoms with Gasteiger partial charge in [-0.1, -0.05) is 19.1 Å². The van der Waals surface area contributed by atoms with Crippen molar-refractivity contribution in [2.45, 2.75) is 32.7 Å². The second-order valence-electron chi connectivity index (χ2n) is 5.74. The second kappa shape index (κ2) is 8.91. The summed E-state index contributed by atoms with van der Waals surface area (Å²) in [5.74, 6) is 1.49. The molecule has 1 atom stereocenters. The number of rotatable bonds is 8. The number of nitrogens with one attached hydrogen (secondary N) is 2. The molecule has 5 nitrogen and oxygen atoms in total. The molecule has 1 aromatic heterocycles. The van der Waals surface area contributed by atoms with E-state index in [1.54, 1.807) is 25.4 Å². The number of ether oxygens (including phenoxy) is 1. The quantitative estimate of drug-likeness (QED) is 0.781. The lowest BCUT2D eigenvalue weighted by atomic mass is 10.1. The van der Waals surface area contributed by atoms with Crippen molar-refractivity contribution in [1.82, 2.24) is 10.3 Å². The second-order valence-corrected chi connectivity index (χ2v) is 5.74. The minimum atomic E-state index is -0.0670. The van der Waals surface area contributed by atoms with E-state index in [1.807, 2.05) is 32.0 Å². The van der Waals surface area contributed by atoms with Gasteiger partial charge in [0.15, 0.2) is 0 Å². The fourth-order valence-corrected chi connectivity index (χ4v) is 2.24. The fraction of sp³-hybridized carbons (Fsp3) is 0.368. The number of pyridine rings is 1. The first-order chi connectivity index (χ1) is 11.6. The van der Waals surface area contributed by atoms with Crippen LogP contribution in [0.5, 0.6) is 5.75 Å². The SMILES string of the molecule is CCC(C)NC(=O)c1ccnc(NCCc2cccc(OC)c2)c1. The van der Waals surface area contributed by atoms with Crippen LogP contribution in [0.3, 0.4) is 0 Å². The first kappa shape index (κ1) is 17.8. The summed E-state index contributed by atoms with van der Waals surface area (Å²) in [7, 11) is 1.66. The van der Waals surface area contributed by atoms with Crippen LogP contribution in [0.25, 0.3) is 0 Å². The van der Waals surface area contributed by atoms with Gasteiger partial charge in [-0.2, -0.15) is 0 Å². The first-order valence-electron chi connectivity index (χ1n) is 8.26. The van der Waals surface area contributed by atoms with Gasteiger partial charge in [0.2, 0.25) is 0 Å². The predicted octanol–water partition coefficient (Wildman–Crippen LogP) is 3.27. The van der Waals surface area contributed by atoms with E-state index in [0.717, 1.165) is 25.1 Å². The molecule has 5 heteroatoms. The number of hydrogen-bond acceptors (Lipinski definition) is 4. The minimum absolute atomic E-state index is 0.0670. The van der Waals surface area contributed by atoms with Crippen molar-refractivity contribution in [3.63, 3.8) is 0 Å². The summed E-state index contributed by atoms with van der Waals surface area (Å²) >= 11 is 0. The maximum atomic E-state index is 12.2. The number of benzene rings is 1. The molecule has 1 heterocycles. The summed E-state index contributed by atoms with van der Waals surface area (Å²) in [5, 5.41) is 6.22. The van der Waals surface area contributed by atoms with Crippen LogP contribution in [0.4, 0.5) is 5.82 Å². The van der Waals surface area contributed by atoms with Gasteiger partial charge in [0, 0.05) is 24.3 Å². The van der Waals surface area contributed by atoms with Crippen LogP contribution in [0.2, 0.25) is 0 Å². The van der Waals surface area contributed by atoms with Gasteiger partial charge in [0.05, 0.1) is 7.11 Å². The van der Waals surface area contributed by atoms with Crippen LogP contribution < -0.4 is 15.4 Å². The highest BCUT2D eigenvalue weighted by Crippen LogP contribution is 2.13. The smallest absolute Gasteiger partial charge is 0.251 e. The van der Waals surface area contributed by atoms with Crippen molar-refractivity contribution >= 4 is 11.7 Å². The monoisotopic (exact) mass is 327 g/mol. The molecule has 0 bridgehead atoms. The van der Waals surface area contributed by atoms with E-state index in [-0.39, 0.29) is 11.9 Å². The van der Waals surface area contributed by atoms with Crippen molar-refractivity contribution < 1.29 is 9.53 Å². The Kier molecular flexibility index (Phi) is 6.61. The normalized spacial score (nSPS) is 11.6. The third kappa shape index (κ3) is 5.26. The number of carbonyl (C=O) groups excluding carboxylic acids is 1. The molecule has 0 fully saturated rings. The molecule has 0 aliphatic heterocycles. The molecule has 2 N–H and O–H groups in total. The number of nitrogens with zero attached hydrogens (tertiary/aromatic N) is 1. The summed E-state index contributed by atoms with van der Waals surface area (Å²) < 4.78 is 5.23. The van der Waals surface area contributed by atoms with Crippen LogP contribution in [-0.2, 0) is 6.42 Å². The Morgan fingerprint density at radius 3 is 2.88 bits per heavy atom. The minimum Gasteiger partial charge on any atom is -0.497 e. The summed E-state index contributed by atoms with van der Waals surface area (Å²) in [6, 6.07) is 11.7. The number of amides is 1. The maximum Gasteiger partial charge on any atom is 0.251 e. The van der Waals surface area contributed by atoms with Gasteiger partial charge in [-0.3, -0.25) is 4.79 Å². The zero-order valence-corrected chi connectivity index (χ0v) is 14.5. The third-order valence-corrected chi connectivity index (χ3v) is 3.87. The van der Waals surface area contributed by atoms with Crippen molar-refractivity contribution in [3.8, 4) is 5.75 Å². The van der Waals surface area contributed by atoms with Crippen molar-refractivity contribution in [2.24, 2.45) is 0 Å². The molecule has 2 aromatic rings. The largest absolute Gasteiger partial charge is 0.497 e. The summed E-state index contributed by atoms with van der Waals surface area (Å²) in [5.41, 5.74) is 1.81. The molecule has 1 amide bonds. The molecule has 24 heavy (non-hydrogen) atoms. The zero-order valence-electron chi connectivity index (χ0n) is 14.5. The van der Waals surface area contributed by atoms with Crippen LogP contribution in [0.1, 0.15) is 36.2 Å². The molecule has 2 rings (SSSR count). The molecule has 0 aliphatic rings. The maximum absolute atomic E-state index is 12.2. The number of hydrogen-bond donors (Lipinski definition) is 2. The number of aromatic nitrogens is 1. The van der Waals surface area contributed by atoms with Gasteiger partial charge in [-0.25, -0.2) is 4.98 Å². The van der Waals surface area contributed by atoms with Crippen molar-refractivity contribution in [1.29, 1.82) is 0 Å². The summed E-state index contributed by atoms with van der Waals surface area (Å²) in [4.78, 5) is 16.4. The van der Waals surface area contributed by atoms with E-state index in [0.29, 0.717) is 11.4 Å². The molecule has 1 aromatic carbocycles. The van der Waals surface area contributed by atoms with Crippen LogP contribution in [-0.4, -0.2) is 30.6 Å². The Hall–Kier alpha value is -2.56. The molecule has 0 spiro atoms. The highest BCUT2D eigenvalue weighted by atomic mass is 16.5. The van der Waals surface area contributed by atoms with Crippen LogP contribution in [0.15, 0.2) is 42.6 Å². The molecule has 0 saturated carbocycles. The van der Waals surface area contributed by atoms with E-state index in [9.17, 15) is 4.79 Å². The average molecular weight is 327 g/mol. The molecule has 0 aliphatic carbocycles. The number of anilines is 1. The van der Waals surface area contributed by atoms with Gasteiger partial charge in [-0.15, -0.1) is 0 Å². The van der Waals surface area contributed by atoms with Crippen LogP contribution in [0, 0.1) is 0 Å². The predicted molar refractivity (Wildman–Crippen MR) is 96.6 cm³/mol. The topological polar surface area (TPSA) is 63.2 Å². The highest BCUT2D eigenvalue weighted by molar-refractivity contribution is 5.94. The Labute approximate surface area is 143 Å². The number of methoxy groups -OCH3 is 1. The van der Waals surface area contributed by atoms with Crippen molar-refractivity contribution in [2.75, 3.05) is 19.0 Å². The standard InChI is InChI=1S/C19H25N3O2/c1-4-14(2)22-19(23)16-9-11-21-18(13-16)20-10-8-15-6-5-7-17(12-15)24-3/h5-7,9,11-14H,4,8,10H2,1-3H3,(H,20,21)(H,22,23). The van der Waals surface area contributed by atoms with Gasteiger partial charge < -0.3 is 15.4 Å². The Balaban J connectivity index is 1.91. The molecule has 0 saturated heterocycles. The first-order valence-corrected chi connectivity index (χ1v) is 8.26. The summed E-state index contributed by atoms with van der Waals surface area (Å²) in [6.45, 7) is 4.77. The Bertz CT molecular complexity index is 673. The fourth-order valence-electron chi connectivity index (χ4n) is 2.24. The van der Waals surface area contributed by atoms with E-state index in [1.165, 1.54) is 5.56 Å². The zero-order chi connectivity index (χ0) is 17.4. The molecule has 1 unspecified atom stereocenters. The Morgan fingerprint density at radius 1 is 1.29 bits per heavy atom. The van der Waals surface area contributed by atoms with Gasteiger partial charge in [-0.05, 0) is 49.6 Å². The molecular weight excluding hydrogens is 302 g/mol. The lowest BCUT2D eigenvalue weighted by Crippen LogP contribution is -2.31. The summed E-state index contributed by atoms with van der Waals surface area (Å²) in [6.07, 6.45) is 3.41. The van der Waals surface area contributed by atoms with Gasteiger partial charge in [0.25, 0.3) is 5.91 Å². The molecule has 128 valence electrons. The Morgan fingerprint density at radius 2 is 2.12 bits per heavy atom. The lowest BCUT2D eigenvalue weighted by molar-refractivity contribution is 0.0939. The van der Waals surface area contributed by atoms with E-state index < -0.39 is 0 Å². The van der Waals surface area contributed by atoms with Crippen molar-refractivity contribution in [3.05, 3.63) is 53.7 Å².